The molecular formula is C15H22N2O3. The average Bonchev–Trinajstić information content (AvgIpc) is 2.44. The van der Waals surface area contributed by atoms with Gasteiger partial charge in [0.15, 0.2) is 0 Å². The lowest BCUT2D eigenvalue weighted by atomic mass is 9.87. The highest BCUT2D eigenvalue weighted by molar-refractivity contribution is 5.39. The van der Waals surface area contributed by atoms with Gasteiger partial charge in [0.2, 0.25) is 0 Å². The molecule has 1 aliphatic rings. The van der Waals surface area contributed by atoms with Crippen LogP contribution in [0.3, 0.4) is 0 Å². The first kappa shape index (κ1) is 14.9. The van der Waals surface area contributed by atoms with E-state index in [9.17, 15) is 15.2 Å². The van der Waals surface area contributed by atoms with Crippen LogP contribution in [0.4, 0.5) is 5.69 Å². The molecule has 1 aliphatic carbocycles. The minimum Gasteiger partial charge on any atom is -0.393 e. The van der Waals surface area contributed by atoms with E-state index in [0.29, 0.717) is 12.3 Å². The maximum atomic E-state index is 10.9. The van der Waals surface area contributed by atoms with Gasteiger partial charge in [0.1, 0.15) is 0 Å². The molecule has 20 heavy (non-hydrogen) atoms. The molecule has 0 aliphatic heterocycles. The van der Waals surface area contributed by atoms with Crippen LogP contribution in [0, 0.1) is 16.0 Å². The number of benzene rings is 1. The topological polar surface area (TPSA) is 75.4 Å². The Balaban J connectivity index is 1.74. The molecule has 110 valence electrons. The van der Waals surface area contributed by atoms with E-state index in [1.807, 2.05) is 12.1 Å². The number of nitro benzene ring substituents is 1. The van der Waals surface area contributed by atoms with Crippen molar-refractivity contribution in [3.05, 3.63) is 39.9 Å². The van der Waals surface area contributed by atoms with E-state index in [4.69, 9.17) is 0 Å². The Morgan fingerprint density at radius 1 is 1.35 bits per heavy atom. The zero-order chi connectivity index (χ0) is 14.4. The van der Waals surface area contributed by atoms with Gasteiger partial charge < -0.3 is 10.4 Å². The van der Waals surface area contributed by atoms with Crippen LogP contribution in [-0.2, 0) is 6.42 Å². The van der Waals surface area contributed by atoms with Gasteiger partial charge >= 0.3 is 0 Å². The number of nitrogens with zero attached hydrogens (tertiary/aromatic N) is 1. The zero-order valence-electron chi connectivity index (χ0n) is 11.6. The molecule has 0 heterocycles. The van der Waals surface area contributed by atoms with Crippen molar-refractivity contribution in [1.82, 2.24) is 5.32 Å². The summed E-state index contributed by atoms with van der Waals surface area (Å²) in [5.74, 6) is 0.532. The second-order valence-corrected chi connectivity index (χ2v) is 5.53. The lowest BCUT2D eigenvalue weighted by molar-refractivity contribution is -0.385. The fourth-order valence-corrected chi connectivity index (χ4v) is 2.88. The molecule has 0 saturated heterocycles. The van der Waals surface area contributed by atoms with Crippen LogP contribution in [0.5, 0.6) is 0 Å². The third kappa shape index (κ3) is 4.28. The Bertz CT molecular complexity index is 450. The molecule has 1 fully saturated rings. The highest BCUT2D eigenvalue weighted by Crippen LogP contribution is 2.23. The average molecular weight is 278 g/mol. The predicted molar refractivity (Wildman–Crippen MR) is 77.6 cm³/mol. The number of hydrogen-bond donors (Lipinski definition) is 2. The second kappa shape index (κ2) is 7.36. The zero-order valence-corrected chi connectivity index (χ0v) is 11.6. The van der Waals surface area contributed by atoms with Gasteiger partial charge in [-0.2, -0.15) is 0 Å². The van der Waals surface area contributed by atoms with E-state index < -0.39 is 0 Å². The molecule has 2 N–H and O–H groups in total. The van der Waals surface area contributed by atoms with Crippen LogP contribution >= 0.6 is 0 Å². The maximum Gasteiger partial charge on any atom is 0.272 e. The van der Waals surface area contributed by atoms with E-state index in [-0.39, 0.29) is 16.7 Å². The van der Waals surface area contributed by atoms with Crippen molar-refractivity contribution >= 4 is 5.69 Å². The first-order valence-electron chi connectivity index (χ1n) is 7.28. The van der Waals surface area contributed by atoms with Crippen LogP contribution in [-0.4, -0.2) is 29.2 Å². The number of aliphatic hydroxyl groups excluding tert-OH is 1. The third-order valence-corrected chi connectivity index (χ3v) is 3.95. The second-order valence-electron chi connectivity index (χ2n) is 5.53. The summed E-state index contributed by atoms with van der Waals surface area (Å²) in [7, 11) is 0. The molecule has 2 unspecified atom stereocenters. The Kier molecular flexibility index (Phi) is 5.49. The molecule has 1 aromatic carbocycles. The smallest absolute Gasteiger partial charge is 0.272 e. The standard InChI is InChI=1S/C15H22N2O3/c18-14-6-3-4-12(10-14)11-16-9-8-13-5-1-2-7-15(13)17(19)20/h1-2,5,7,12,14,16,18H,3-4,6,8-11H2. The summed E-state index contributed by atoms with van der Waals surface area (Å²) in [6.07, 6.45) is 4.57. The molecule has 5 nitrogen and oxygen atoms in total. The molecule has 0 radical (unpaired) electrons. The fourth-order valence-electron chi connectivity index (χ4n) is 2.88. The summed E-state index contributed by atoms with van der Waals surface area (Å²) in [6.45, 7) is 1.62. The van der Waals surface area contributed by atoms with Gasteiger partial charge in [-0.05, 0) is 44.7 Å². The largest absolute Gasteiger partial charge is 0.393 e. The SMILES string of the molecule is O=[N+]([O-])c1ccccc1CCNCC1CCCC(O)C1. The highest BCUT2D eigenvalue weighted by Gasteiger charge is 2.19. The Morgan fingerprint density at radius 2 is 2.15 bits per heavy atom. The molecule has 0 bridgehead atoms. The monoisotopic (exact) mass is 278 g/mol. The van der Waals surface area contributed by atoms with Crippen molar-refractivity contribution in [1.29, 1.82) is 0 Å². The predicted octanol–water partition coefficient (Wildman–Crippen LogP) is 2.28. The first-order valence-corrected chi connectivity index (χ1v) is 7.28. The van der Waals surface area contributed by atoms with E-state index in [1.54, 1.807) is 12.1 Å². The molecule has 0 amide bonds. The van der Waals surface area contributed by atoms with Gasteiger partial charge in [0, 0.05) is 11.6 Å². The van der Waals surface area contributed by atoms with Crippen molar-refractivity contribution in [2.75, 3.05) is 13.1 Å². The molecule has 5 heteroatoms. The van der Waals surface area contributed by atoms with Crippen LogP contribution in [0.2, 0.25) is 0 Å². The van der Waals surface area contributed by atoms with Crippen LogP contribution < -0.4 is 5.32 Å². The van der Waals surface area contributed by atoms with Crippen molar-refractivity contribution in [2.45, 2.75) is 38.2 Å². The van der Waals surface area contributed by atoms with Gasteiger partial charge in [0.25, 0.3) is 5.69 Å². The molecule has 0 aromatic heterocycles. The normalized spacial score (nSPS) is 22.6. The Labute approximate surface area is 119 Å². The minimum absolute atomic E-state index is 0.147. The van der Waals surface area contributed by atoms with Crippen LogP contribution in [0.15, 0.2) is 24.3 Å². The number of hydrogen-bond acceptors (Lipinski definition) is 4. The summed E-state index contributed by atoms with van der Waals surface area (Å²) < 4.78 is 0. The summed E-state index contributed by atoms with van der Waals surface area (Å²) in [6, 6.07) is 6.88. The van der Waals surface area contributed by atoms with Crippen LogP contribution in [0.25, 0.3) is 0 Å². The number of aliphatic hydroxyl groups is 1. The van der Waals surface area contributed by atoms with Crippen molar-refractivity contribution in [3.8, 4) is 0 Å². The quantitative estimate of drug-likeness (QED) is 0.475. The molecule has 2 rings (SSSR count). The van der Waals surface area contributed by atoms with E-state index in [2.05, 4.69) is 5.32 Å². The third-order valence-electron chi connectivity index (χ3n) is 3.95. The summed E-state index contributed by atoms with van der Waals surface area (Å²) in [5, 5.41) is 23.9. The molecule has 0 spiro atoms. The van der Waals surface area contributed by atoms with E-state index >= 15 is 0 Å². The fraction of sp³-hybridized carbons (Fsp3) is 0.600. The number of para-hydroxylation sites is 1. The molecule has 1 aromatic rings. The van der Waals surface area contributed by atoms with Gasteiger partial charge in [-0.15, -0.1) is 0 Å². The van der Waals surface area contributed by atoms with E-state index in [0.717, 1.165) is 44.3 Å². The lowest BCUT2D eigenvalue weighted by Gasteiger charge is -2.25. The van der Waals surface area contributed by atoms with Crippen molar-refractivity contribution in [3.63, 3.8) is 0 Å². The Hall–Kier alpha value is -1.46. The van der Waals surface area contributed by atoms with Crippen molar-refractivity contribution < 1.29 is 10.0 Å². The first-order chi connectivity index (χ1) is 9.66. The summed E-state index contributed by atoms with van der Waals surface area (Å²) >= 11 is 0. The van der Waals surface area contributed by atoms with Gasteiger partial charge in [-0.3, -0.25) is 10.1 Å². The van der Waals surface area contributed by atoms with Gasteiger partial charge in [-0.1, -0.05) is 24.6 Å². The highest BCUT2D eigenvalue weighted by atomic mass is 16.6. The van der Waals surface area contributed by atoms with E-state index in [1.165, 1.54) is 0 Å². The number of rotatable bonds is 6. The van der Waals surface area contributed by atoms with Gasteiger partial charge in [0.05, 0.1) is 11.0 Å². The van der Waals surface area contributed by atoms with Gasteiger partial charge in [-0.25, -0.2) is 0 Å². The molecule has 1 saturated carbocycles. The lowest BCUT2D eigenvalue weighted by Crippen LogP contribution is -2.30. The maximum absolute atomic E-state index is 10.9. The number of nitro groups is 1. The Morgan fingerprint density at radius 3 is 2.90 bits per heavy atom. The number of nitrogens with one attached hydrogen (secondary N) is 1. The summed E-state index contributed by atoms with van der Waals surface area (Å²) in [5.41, 5.74) is 0.969. The molecule has 2 atom stereocenters. The minimum atomic E-state index is -0.327. The molecular weight excluding hydrogens is 256 g/mol. The summed E-state index contributed by atoms with van der Waals surface area (Å²) in [4.78, 5) is 10.6. The van der Waals surface area contributed by atoms with Crippen molar-refractivity contribution in [2.24, 2.45) is 5.92 Å². The van der Waals surface area contributed by atoms with Crippen LogP contribution in [0.1, 0.15) is 31.2 Å².